The molecule has 0 aliphatic rings. The van der Waals surface area contributed by atoms with Crippen LogP contribution in [0.5, 0.6) is 5.75 Å². The Morgan fingerprint density at radius 3 is 2.43 bits per heavy atom. The van der Waals surface area contributed by atoms with Crippen LogP contribution in [0.15, 0.2) is 0 Å². The molecule has 0 spiro atoms. The highest BCUT2D eigenvalue weighted by Gasteiger charge is 2.16. The summed E-state index contributed by atoms with van der Waals surface area (Å²) in [4.78, 5) is 0. The van der Waals surface area contributed by atoms with E-state index in [-0.39, 0.29) is 0 Å². The van der Waals surface area contributed by atoms with Crippen molar-refractivity contribution in [2.45, 2.75) is 53.0 Å². The zero-order valence-corrected chi connectivity index (χ0v) is 9.54. The van der Waals surface area contributed by atoms with Gasteiger partial charge in [-0.2, -0.15) is 5.10 Å². The molecule has 80 valence electrons. The lowest BCUT2D eigenvalue weighted by Gasteiger charge is -2.09. The van der Waals surface area contributed by atoms with Crippen LogP contribution in [0, 0.1) is 0 Å². The predicted molar refractivity (Wildman–Crippen MR) is 57.6 cm³/mol. The molecule has 1 heterocycles. The van der Waals surface area contributed by atoms with Gasteiger partial charge in [0.05, 0.1) is 5.69 Å². The zero-order chi connectivity index (χ0) is 10.7. The molecule has 3 heteroatoms. The first kappa shape index (κ1) is 11.1. The van der Waals surface area contributed by atoms with E-state index in [9.17, 15) is 5.11 Å². The monoisotopic (exact) mass is 196 g/mol. The fourth-order valence-electron chi connectivity index (χ4n) is 1.65. The Hall–Kier alpha value is -0.990. The molecule has 0 aromatic carbocycles. The second-order valence-electron chi connectivity index (χ2n) is 3.88. The highest BCUT2D eigenvalue weighted by Crippen LogP contribution is 2.26. The third-order valence-electron chi connectivity index (χ3n) is 2.36. The lowest BCUT2D eigenvalue weighted by molar-refractivity contribution is 0.451. The number of hydrogen-bond acceptors (Lipinski definition) is 2. The molecule has 0 aliphatic heterocycles. The summed E-state index contributed by atoms with van der Waals surface area (Å²) in [5.74, 6) is 0.406. The molecule has 0 unspecified atom stereocenters. The SMILES string of the molecule is CCCc1c(O)c(CC)nn1C(C)C. The summed E-state index contributed by atoms with van der Waals surface area (Å²) in [7, 11) is 0. The predicted octanol–water partition coefficient (Wildman–Crippen LogP) is 2.68. The number of nitrogens with zero attached hydrogens (tertiary/aromatic N) is 2. The van der Waals surface area contributed by atoms with Gasteiger partial charge in [0.15, 0.2) is 5.75 Å². The quantitative estimate of drug-likeness (QED) is 0.804. The minimum atomic E-state index is 0.322. The Bertz CT molecular complexity index is 302. The summed E-state index contributed by atoms with van der Waals surface area (Å²) in [5, 5.41) is 14.3. The summed E-state index contributed by atoms with van der Waals surface area (Å²) >= 11 is 0. The van der Waals surface area contributed by atoms with E-state index in [0.717, 1.165) is 30.7 Å². The van der Waals surface area contributed by atoms with E-state index in [1.54, 1.807) is 0 Å². The summed E-state index contributed by atoms with van der Waals surface area (Å²) < 4.78 is 1.94. The smallest absolute Gasteiger partial charge is 0.160 e. The normalized spacial score (nSPS) is 11.2. The van der Waals surface area contributed by atoms with Crippen LogP contribution in [0.1, 0.15) is 51.5 Å². The lowest BCUT2D eigenvalue weighted by Crippen LogP contribution is -2.07. The van der Waals surface area contributed by atoms with E-state index in [1.807, 2.05) is 11.6 Å². The summed E-state index contributed by atoms with van der Waals surface area (Å²) in [6.07, 6.45) is 2.73. The van der Waals surface area contributed by atoms with E-state index >= 15 is 0 Å². The standard InChI is InChI=1S/C11H20N2O/c1-5-7-10-11(14)9(6-2)12-13(10)8(3)4/h8,14H,5-7H2,1-4H3. The van der Waals surface area contributed by atoms with Crippen molar-refractivity contribution in [3.63, 3.8) is 0 Å². The fourth-order valence-corrected chi connectivity index (χ4v) is 1.65. The van der Waals surface area contributed by atoms with Crippen molar-refractivity contribution in [3.05, 3.63) is 11.4 Å². The topological polar surface area (TPSA) is 38.1 Å². The highest BCUT2D eigenvalue weighted by atomic mass is 16.3. The molecule has 0 fully saturated rings. The van der Waals surface area contributed by atoms with E-state index < -0.39 is 0 Å². The summed E-state index contributed by atoms with van der Waals surface area (Å²) in [6.45, 7) is 8.31. The van der Waals surface area contributed by atoms with Crippen LogP contribution in [0.2, 0.25) is 0 Å². The maximum absolute atomic E-state index is 9.91. The second kappa shape index (κ2) is 4.49. The van der Waals surface area contributed by atoms with Gasteiger partial charge in [0, 0.05) is 6.04 Å². The fraction of sp³-hybridized carbons (Fsp3) is 0.727. The van der Waals surface area contributed by atoms with Crippen molar-refractivity contribution < 1.29 is 5.11 Å². The molecule has 0 bridgehead atoms. The molecule has 1 N–H and O–H groups in total. The molecule has 0 atom stereocenters. The Labute approximate surface area is 85.8 Å². The first-order valence-corrected chi connectivity index (χ1v) is 5.41. The number of hydrogen-bond donors (Lipinski definition) is 1. The minimum Gasteiger partial charge on any atom is -0.504 e. The molecule has 3 nitrogen and oxygen atoms in total. The summed E-state index contributed by atoms with van der Waals surface area (Å²) in [6, 6.07) is 0.322. The third-order valence-corrected chi connectivity index (χ3v) is 2.36. The lowest BCUT2D eigenvalue weighted by atomic mass is 10.2. The number of aryl methyl sites for hydroxylation is 1. The molecule has 0 aliphatic carbocycles. The molecule has 1 rings (SSSR count). The molecule has 14 heavy (non-hydrogen) atoms. The van der Waals surface area contributed by atoms with Gasteiger partial charge in [0.1, 0.15) is 5.69 Å². The van der Waals surface area contributed by atoms with Crippen LogP contribution in [0.4, 0.5) is 0 Å². The van der Waals surface area contributed by atoms with Gasteiger partial charge >= 0.3 is 0 Å². The molecule has 0 saturated carbocycles. The molecule has 1 aromatic rings. The average Bonchev–Trinajstić information content (AvgIpc) is 2.45. The molecule has 1 aromatic heterocycles. The molecule has 0 amide bonds. The minimum absolute atomic E-state index is 0.322. The van der Waals surface area contributed by atoms with Crippen LogP contribution in [0.25, 0.3) is 0 Å². The van der Waals surface area contributed by atoms with Crippen molar-refractivity contribution in [1.82, 2.24) is 9.78 Å². The van der Waals surface area contributed by atoms with Crippen molar-refractivity contribution in [2.75, 3.05) is 0 Å². The maximum Gasteiger partial charge on any atom is 0.160 e. The first-order valence-electron chi connectivity index (χ1n) is 5.41. The van der Waals surface area contributed by atoms with Gasteiger partial charge in [-0.05, 0) is 26.7 Å². The van der Waals surface area contributed by atoms with E-state index in [0.29, 0.717) is 11.8 Å². The van der Waals surface area contributed by atoms with Crippen molar-refractivity contribution in [2.24, 2.45) is 0 Å². The molecule has 0 saturated heterocycles. The van der Waals surface area contributed by atoms with Crippen LogP contribution in [-0.2, 0) is 12.8 Å². The van der Waals surface area contributed by atoms with Crippen molar-refractivity contribution >= 4 is 0 Å². The van der Waals surface area contributed by atoms with Crippen LogP contribution < -0.4 is 0 Å². The summed E-state index contributed by atoms with van der Waals surface area (Å²) in [5.41, 5.74) is 1.81. The second-order valence-corrected chi connectivity index (χ2v) is 3.88. The maximum atomic E-state index is 9.91. The van der Waals surface area contributed by atoms with Gasteiger partial charge < -0.3 is 5.11 Å². The van der Waals surface area contributed by atoms with Crippen molar-refractivity contribution in [3.8, 4) is 5.75 Å². The van der Waals surface area contributed by atoms with Crippen molar-refractivity contribution in [1.29, 1.82) is 0 Å². The largest absolute Gasteiger partial charge is 0.504 e. The van der Waals surface area contributed by atoms with E-state index in [1.165, 1.54) is 0 Å². The first-order chi connectivity index (χ1) is 6.61. The Morgan fingerprint density at radius 1 is 1.36 bits per heavy atom. The Kier molecular flexibility index (Phi) is 3.55. The Morgan fingerprint density at radius 2 is 2.00 bits per heavy atom. The average molecular weight is 196 g/mol. The molecular weight excluding hydrogens is 176 g/mol. The number of rotatable bonds is 4. The van der Waals surface area contributed by atoms with Crippen LogP contribution in [0.3, 0.4) is 0 Å². The van der Waals surface area contributed by atoms with Gasteiger partial charge in [-0.1, -0.05) is 20.3 Å². The van der Waals surface area contributed by atoms with Gasteiger partial charge in [-0.3, -0.25) is 4.68 Å². The van der Waals surface area contributed by atoms with E-state index in [2.05, 4.69) is 25.9 Å². The van der Waals surface area contributed by atoms with Crippen LogP contribution in [-0.4, -0.2) is 14.9 Å². The Balaban J connectivity index is 3.13. The number of aromatic hydroxyl groups is 1. The third kappa shape index (κ3) is 1.91. The molecule has 0 radical (unpaired) electrons. The van der Waals surface area contributed by atoms with E-state index in [4.69, 9.17) is 0 Å². The zero-order valence-electron chi connectivity index (χ0n) is 9.54. The molecular formula is C11H20N2O. The van der Waals surface area contributed by atoms with Gasteiger partial charge in [-0.15, -0.1) is 0 Å². The van der Waals surface area contributed by atoms with Gasteiger partial charge in [-0.25, -0.2) is 0 Å². The number of aromatic nitrogens is 2. The van der Waals surface area contributed by atoms with Gasteiger partial charge in [0.25, 0.3) is 0 Å². The van der Waals surface area contributed by atoms with Crippen LogP contribution >= 0.6 is 0 Å². The highest BCUT2D eigenvalue weighted by molar-refractivity contribution is 5.32. The van der Waals surface area contributed by atoms with Gasteiger partial charge in [0.2, 0.25) is 0 Å².